The second-order valence-electron chi connectivity index (χ2n) is 6.64. The van der Waals surface area contributed by atoms with Crippen LogP contribution in [0, 0.1) is 0 Å². The topological polar surface area (TPSA) is 76.6 Å². The van der Waals surface area contributed by atoms with Crippen LogP contribution in [0.5, 0.6) is 5.75 Å². The summed E-state index contributed by atoms with van der Waals surface area (Å²) >= 11 is 0. The highest BCUT2D eigenvalue weighted by atomic mass is 16.5. The molecule has 0 saturated carbocycles. The molecular formula is C19H22N4O3. The van der Waals surface area contributed by atoms with Gasteiger partial charge in [0.15, 0.2) is 0 Å². The molecule has 1 saturated heterocycles. The number of amides is 1. The first kappa shape index (κ1) is 16.8. The number of anilines is 1. The van der Waals surface area contributed by atoms with Crippen molar-refractivity contribution >= 4 is 11.9 Å². The van der Waals surface area contributed by atoms with Crippen molar-refractivity contribution in [3.63, 3.8) is 0 Å². The Labute approximate surface area is 152 Å². The van der Waals surface area contributed by atoms with Gasteiger partial charge in [-0.05, 0) is 42.5 Å². The molecule has 26 heavy (non-hydrogen) atoms. The Morgan fingerprint density at radius 2 is 2.08 bits per heavy atom. The van der Waals surface area contributed by atoms with Crippen LogP contribution in [-0.2, 0) is 17.6 Å². The maximum Gasteiger partial charge on any atom is 0.258 e. The number of nitrogens with zero attached hydrogens (tertiary/aromatic N) is 3. The van der Waals surface area contributed by atoms with E-state index >= 15 is 0 Å². The highest BCUT2D eigenvalue weighted by Crippen LogP contribution is 2.27. The summed E-state index contributed by atoms with van der Waals surface area (Å²) < 4.78 is 10.6. The third kappa shape index (κ3) is 3.48. The van der Waals surface area contributed by atoms with E-state index in [4.69, 9.17) is 9.47 Å². The fourth-order valence-electron chi connectivity index (χ4n) is 3.46. The Morgan fingerprint density at radius 3 is 2.81 bits per heavy atom. The molecule has 1 fully saturated rings. The maximum atomic E-state index is 12.4. The van der Waals surface area contributed by atoms with Gasteiger partial charge in [-0.15, -0.1) is 0 Å². The molecule has 1 aliphatic carbocycles. The molecule has 7 heteroatoms. The van der Waals surface area contributed by atoms with Gasteiger partial charge in [-0.1, -0.05) is 6.07 Å². The van der Waals surface area contributed by atoms with E-state index in [0.29, 0.717) is 31.4 Å². The number of benzene rings is 1. The number of fused-ring (bicyclic) bond motifs is 1. The fourth-order valence-corrected chi connectivity index (χ4v) is 3.46. The fraction of sp³-hybridized carbons (Fsp3) is 0.421. The van der Waals surface area contributed by atoms with E-state index in [-0.39, 0.29) is 11.9 Å². The summed E-state index contributed by atoms with van der Waals surface area (Å²) in [6.07, 6.45) is 5.85. The number of rotatable bonds is 4. The lowest BCUT2D eigenvalue weighted by Crippen LogP contribution is -2.38. The zero-order valence-corrected chi connectivity index (χ0v) is 14.8. The van der Waals surface area contributed by atoms with Crippen LogP contribution >= 0.6 is 0 Å². The van der Waals surface area contributed by atoms with Crippen LogP contribution in [0.3, 0.4) is 0 Å². The number of ether oxygens (including phenoxy) is 2. The van der Waals surface area contributed by atoms with Gasteiger partial charge in [-0.25, -0.2) is 9.97 Å². The lowest BCUT2D eigenvalue weighted by Gasteiger charge is -2.26. The Bertz CT molecular complexity index is 788. The third-order valence-corrected chi connectivity index (χ3v) is 4.83. The van der Waals surface area contributed by atoms with Gasteiger partial charge in [-0.2, -0.15) is 0 Å². The minimum absolute atomic E-state index is 0.0865. The molecule has 1 atom stereocenters. The van der Waals surface area contributed by atoms with Crippen molar-refractivity contribution < 1.29 is 14.3 Å². The van der Waals surface area contributed by atoms with Crippen LogP contribution in [0.4, 0.5) is 5.95 Å². The van der Waals surface area contributed by atoms with Gasteiger partial charge in [0, 0.05) is 25.0 Å². The van der Waals surface area contributed by atoms with Crippen LogP contribution in [-0.4, -0.2) is 53.8 Å². The van der Waals surface area contributed by atoms with Gasteiger partial charge >= 0.3 is 0 Å². The molecule has 2 aromatic rings. The molecule has 4 rings (SSSR count). The Balaban J connectivity index is 1.38. The molecule has 1 aromatic carbocycles. The molecule has 0 bridgehead atoms. The molecule has 0 radical (unpaired) electrons. The van der Waals surface area contributed by atoms with Crippen molar-refractivity contribution in [2.24, 2.45) is 0 Å². The summed E-state index contributed by atoms with van der Waals surface area (Å²) in [5.74, 6) is 1.34. The van der Waals surface area contributed by atoms with E-state index in [0.717, 1.165) is 25.0 Å². The van der Waals surface area contributed by atoms with Crippen LogP contribution in [0.1, 0.15) is 27.9 Å². The Morgan fingerprint density at radius 1 is 1.27 bits per heavy atom. The number of hydrogen-bond donors (Lipinski definition) is 1. The van der Waals surface area contributed by atoms with Gasteiger partial charge in [-0.3, -0.25) is 4.79 Å². The summed E-state index contributed by atoms with van der Waals surface area (Å²) in [6.45, 7) is 1.75. The number of nitrogens with one attached hydrogen (secondary N) is 1. The maximum absolute atomic E-state index is 12.4. The third-order valence-electron chi connectivity index (χ3n) is 4.83. The summed E-state index contributed by atoms with van der Waals surface area (Å²) in [7, 11) is 1.68. The Kier molecular flexibility index (Phi) is 4.71. The van der Waals surface area contributed by atoms with Crippen molar-refractivity contribution in [3.05, 3.63) is 47.3 Å². The summed E-state index contributed by atoms with van der Waals surface area (Å²) in [6, 6.07) is 6.43. The molecule has 1 aliphatic heterocycles. The smallest absolute Gasteiger partial charge is 0.258 e. The normalized spacial score (nSPS) is 19.1. The largest absolute Gasteiger partial charge is 0.497 e. The summed E-state index contributed by atoms with van der Waals surface area (Å²) in [5, 5.41) is 3.36. The van der Waals surface area contributed by atoms with Gasteiger partial charge in [0.2, 0.25) is 5.95 Å². The van der Waals surface area contributed by atoms with Crippen LogP contribution in [0.25, 0.3) is 0 Å². The first-order valence-corrected chi connectivity index (χ1v) is 8.84. The van der Waals surface area contributed by atoms with E-state index in [1.165, 1.54) is 11.1 Å². The predicted octanol–water partition coefficient (Wildman–Crippen LogP) is 1.88. The molecule has 136 valence electrons. The van der Waals surface area contributed by atoms with E-state index in [2.05, 4.69) is 27.4 Å². The minimum Gasteiger partial charge on any atom is -0.497 e. The Hall–Kier alpha value is -2.67. The highest BCUT2D eigenvalue weighted by Gasteiger charge is 2.23. The number of hydrogen-bond acceptors (Lipinski definition) is 6. The van der Waals surface area contributed by atoms with Crippen LogP contribution in [0.15, 0.2) is 30.6 Å². The monoisotopic (exact) mass is 354 g/mol. The van der Waals surface area contributed by atoms with E-state index in [1.54, 1.807) is 24.4 Å². The second-order valence-corrected chi connectivity index (χ2v) is 6.64. The quantitative estimate of drug-likeness (QED) is 0.903. The predicted molar refractivity (Wildman–Crippen MR) is 96.3 cm³/mol. The number of carbonyl (C=O) groups excluding carboxylic acids is 1. The van der Waals surface area contributed by atoms with Gasteiger partial charge in [0.1, 0.15) is 12.5 Å². The van der Waals surface area contributed by atoms with E-state index in [1.807, 2.05) is 6.07 Å². The van der Waals surface area contributed by atoms with E-state index in [9.17, 15) is 4.79 Å². The number of carbonyl (C=O) groups is 1. The second kappa shape index (κ2) is 7.29. The van der Waals surface area contributed by atoms with Gasteiger partial charge in [0.25, 0.3) is 5.91 Å². The lowest BCUT2D eigenvalue weighted by molar-refractivity contribution is -0.00575. The van der Waals surface area contributed by atoms with Crippen molar-refractivity contribution in [1.82, 2.24) is 14.9 Å². The zero-order chi connectivity index (χ0) is 17.9. The number of aromatic nitrogens is 2. The molecular weight excluding hydrogens is 332 g/mol. The molecule has 1 aromatic heterocycles. The molecule has 1 amide bonds. The summed E-state index contributed by atoms with van der Waals surface area (Å²) in [5.41, 5.74) is 3.10. The van der Waals surface area contributed by atoms with Gasteiger partial charge in [0.05, 0.1) is 19.3 Å². The van der Waals surface area contributed by atoms with Crippen molar-refractivity contribution in [2.75, 3.05) is 32.3 Å². The molecule has 1 N–H and O–H groups in total. The molecule has 7 nitrogen and oxygen atoms in total. The average Bonchev–Trinajstić information content (AvgIpc) is 3.10. The highest BCUT2D eigenvalue weighted by molar-refractivity contribution is 5.93. The number of methoxy groups -OCH3 is 1. The van der Waals surface area contributed by atoms with Gasteiger partial charge < -0.3 is 19.7 Å². The molecule has 2 aliphatic rings. The van der Waals surface area contributed by atoms with Crippen molar-refractivity contribution in [2.45, 2.75) is 25.3 Å². The molecule has 0 spiro atoms. The molecule has 2 heterocycles. The average molecular weight is 354 g/mol. The van der Waals surface area contributed by atoms with Crippen molar-refractivity contribution in [3.8, 4) is 5.75 Å². The molecule has 1 unspecified atom stereocenters. The first-order valence-electron chi connectivity index (χ1n) is 8.84. The van der Waals surface area contributed by atoms with Crippen molar-refractivity contribution in [1.29, 1.82) is 0 Å². The first-order chi connectivity index (χ1) is 12.7. The zero-order valence-electron chi connectivity index (χ0n) is 14.8. The summed E-state index contributed by atoms with van der Waals surface area (Å²) in [4.78, 5) is 22.7. The lowest BCUT2D eigenvalue weighted by atomic mass is 10.1. The SMILES string of the molecule is COc1ccc2c(c1)CC(Nc1ncc(C(=O)N3CCCOC3)cn1)C2. The van der Waals surface area contributed by atoms with Crippen LogP contribution in [0.2, 0.25) is 0 Å². The van der Waals surface area contributed by atoms with E-state index < -0.39 is 0 Å². The van der Waals surface area contributed by atoms with Crippen LogP contribution < -0.4 is 10.1 Å². The minimum atomic E-state index is -0.0865. The standard InChI is InChI=1S/C19H22N4O3/c1-25-17-4-3-13-7-16(8-14(13)9-17)22-19-20-10-15(11-21-19)18(24)23-5-2-6-26-12-23/h3-4,9-11,16H,2,5-8,12H2,1H3,(H,20,21,22).